The number of nitrogens with zero attached hydrogens (tertiary/aromatic N) is 3. The first-order chi connectivity index (χ1) is 10.4. The number of carboxylic acid groups (broad SMARTS) is 1. The maximum absolute atomic E-state index is 13.3. The molecule has 116 valence electrons. The first-order valence-electron chi connectivity index (χ1n) is 6.30. The maximum Gasteiger partial charge on any atom is 0.486 e. The summed E-state index contributed by atoms with van der Waals surface area (Å²) in [4.78, 5) is 11.2. The van der Waals surface area contributed by atoms with Crippen molar-refractivity contribution in [3.05, 3.63) is 54.2 Å². The standard InChI is InChI=1S/C14H12F3N3O2/c15-14(16,17)20(12-7-4-8-18-19-12)11(13(21)22)9-10-5-2-1-3-6-10/h1-8,11H,9H2,(H,21,22)/t11-/m0/s1. The number of benzene rings is 1. The Morgan fingerprint density at radius 3 is 2.36 bits per heavy atom. The summed E-state index contributed by atoms with van der Waals surface area (Å²) in [6, 6.07) is 8.61. The molecule has 2 rings (SSSR count). The molecule has 0 aliphatic carbocycles. The summed E-state index contributed by atoms with van der Waals surface area (Å²) in [7, 11) is 0. The lowest BCUT2D eigenvalue weighted by molar-refractivity contribution is -0.154. The van der Waals surface area contributed by atoms with E-state index in [1.807, 2.05) is 0 Å². The highest BCUT2D eigenvalue weighted by Gasteiger charge is 2.46. The van der Waals surface area contributed by atoms with Crippen molar-refractivity contribution in [1.82, 2.24) is 10.2 Å². The third kappa shape index (κ3) is 3.72. The molecule has 22 heavy (non-hydrogen) atoms. The number of aliphatic carboxylic acids is 1. The summed E-state index contributed by atoms with van der Waals surface area (Å²) < 4.78 is 39.9. The van der Waals surface area contributed by atoms with Gasteiger partial charge in [0.2, 0.25) is 0 Å². The van der Waals surface area contributed by atoms with Crippen molar-refractivity contribution in [1.29, 1.82) is 0 Å². The van der Waals surface area contributed by atoms with Crippen LogP contribution in [-0.4, -0.2) is 33.6 Å². The van der Waals surface area contributed by atoms with Crippen LogP contribution in [0.3, 0.4) is 0 Å². The first-order valence-corrected chi connectivity index (χ1v) is 6.30. The molecule has 1 aromatic carbocycles. The van der Waals surface area contributed by atoms with Gasteiger partial charge >= 0.3 is 12.3 Å². The van der Waals surface area contributed by atoms with E-state index in [9.17, 15) is 23.1 Å². The predicted octanol–water partition coefficient (Wildman–Crippen LogP) is 2.50. The quantitative estimate of drug-likeness (QED) is 0.859. The number of carbonyl (C=O) groups is 1. The van der Waals surface area contributed by atoms with Crippen molar-refractivity contribution in [3.8, 4) is 0 Å². The third-order valence-corrected chi connectivity index (χ3v) is 2.95. The van der Waals surface area contributed by atoms with Gasteiger partial charge in [0, 0.05) is 12.6 Å². The molecule has 0 fully saturated rings. The largest absolute Gasteiger partial charge is 0.486 e. The number of hydrogen-bond donors (Lipinski definition) is 1. The summed E-state index contributed by atoms with van der Waals surface area (Å²) in [5, 5.41) is 16.0. The molecule has 0 aliphatic rings. The minimum Gasteiger partial charge on any atom is -0.480 e. The number of alkyl halides is 3. The molecular formula is C14H12F3N3O2. The van der Waals surface area contributed by atoms with Gasteiger partial charge in [-0.05, 0) is 17.7 Å². The molecule has 0 aliphatic heterocycles. The van der Waals surface area contributed by atoms with Crippen LogP contribution in [-0.2, 0) is 11.2 Å². The van der Waals surface area contributed by atoms with Crippen LogP contribution >= 0.6 is 0 Å². The summed E-state index contributed by atoms with van der Waals surface area (Å²) >= 11 is 0. The molecule has 8 heteroatoms. The molecule has 2 aromatic rings. The van der Waals surface area contributed by atoms with Crippen molar-refractivity contribution in [2.45, 2.75) is 18.8 Å². The van der Waals surface area contributed by atoms with E-state index in [0.29, 0.717) is 5.56 Å². The van der Waals surface area contributed by atoms with Gasteiger partial charge in [-0.25, -0.2) is 4.79 Å². The van der Waals surface area contributed by atoms with E-state index < -0.39 is 24.1 Å². The minimum atomic E-state index is -4.89. The van der Waals surface area contributed by atoms with Crippen molar-refractivity contribution in [2.24, 2.45) is 0 Å². The summed E-state index contributed by atoms with van der Waals surface area (Å²) in [6.45, 7) is 0. The van der Waals surface area contributed by atoms with Gasteiger partial charge in [0.05, 0.1) is 0 Å². The van der Waals surface area contributed by atoms with Crippen LogP contribution in [0, 0.1) is 0 Å². The van der Waals surface area contributed by atoms with E-state index in [1.165, 1.54) is 12.3 Å². The Morgan fingerprint density at radius 2 is 1.86 bits per heavy atom. The first kappa shape index (κ1) is 15.7. The van der Waals surface area contributed by atoms with Gasteiger partial charge in [-0.3, -0.25) is 4.90 Å². The monoisotopic (exact) mass is 311 g/mol. The topological polar surface area (TPSA) is 66.3 Å². The Bertz CT molecular complexity index is 620. The Hall–Kier alpha value is -2.64. The zero-order valence-corrected chi connectivity index (χ0v) is 11.2. The van der Waals surface area contributed by atoms with Gasteiger partial charge in [0.15, 0.2) is 5.82 Å². The Balaban J connectivity index is 2.40. The molecule has 5 nitrogen and oxygen atoms in total. The number of rotatable bonds is 5. The Labute approximate surface area is 124 Å². The second-order valence-electron chi connectivity index (χ2n) is 4.46. The fraction of sp³-hybridized carbons (Fsp3) is 0.214. The minimum absolute atomic E-state index is 0.185. The van der Waals surface area contributed by atoms with Crippen LogP contribution in [0.1, 0.15) is 5.56 Å². The lowest BCUT2D eigenvalue weighted by Crippen LogP contribution is -2.51. The number of carboxylic acids is 1. The number of aromatic nitrogens is 2. The molecule has 0 amide bonds. The number of anilines is 1. The van der Waals surface area contributed by atoms with Gasteiger partial charge in [0.25, 0.3) is 0 Å². The number of hydrogen-bond acceptors (Lipinski definition) is 4. The molecule has 0 bridgehead atoms. The highest BCUT2D eigenvalue weighted by molar-refractivity contribution is 5.78. The SMILES string of the molecule is O=C(O)[C@H](Cc1ccccc1)N(c1cccnn1)C(F)(F)F. The smallest absolute Gasteiger partial charge is 0.480 e. The second kappa shape index (κ2) is 6.42. The van der Waals surface area contributed by atoms with Crippen molar-refractivity contribution >= 4 is 11.8 Å². The Kier molecular flexibility index (Phi) is 4.59. The van der Waals surface area contributed by atoms with E-state index in [2.05, 4.69) is 10.2 Å². The zero-order valence-electron chi connectivity index (χ0n) is 11.2. The fourth-order valence-corrected chi connectivity index (χ4v) is 2.01. The zero-order chi connectivity index (χ0) is 16.2. The van der Waals surface area contributed by atoms with Crippen LogP contribution < -0.4 is 4.90 Å². The summed E-state index contributed by atoms with van der Waals surface area (Å²) in [6.07, 6.45) is -3.99. The lowest BCUT2D eigenvalue weighted by atomic mass is 10.0. The van der Waals surface area contributed by atoms with E-state index in [-0.39, 0.29) is 11.3 Å². The highest BCUT2D eigenvalue weighted by Crippen LogP contribution is 2.30. The summed E-state index contributed by atoms with van der Waals surface area (Å²) in [5.74, 6) is -2.15. The molecule has 0 spiro atoms. The van der Waals surface area contributed by atoms with Crippen molar-refractivity contribution in [3.63, 3.8) is 0 Å². The van der Waals surface area contributed by atoms with Gasteiger partial charge in [-0.2, -0.15) is 5.10 Å². The van der Waals surface area contributed by atoms with Crippen molar-refractivity contribution in [2.75, 3.05) is 4.90 Å². The molecule has 0 saturated heterocycles. The summed E-state index contributed by atoms with van der Waals surface area (Å²) in [5.41, 5.74) is 0.480. The van der Waals surface area contributed by atoms with Crippen LogP contribution in [0.4, 0.5) is 19.0 Å². The predicted molar refractivity (Wildman–Crippen MR) is 72.1 cm³/mol. The molecule has 1 aromatic heterocycles. The molecule has 0 saturated carbocycles. The average Bonchev–Trinajstić information content (AvgIpc) is 2.47. The van der Waals surface area contributed by atoms with E-state index in [0.717, 1.165) is 6.07 Å². The van der Waals surface area contributed by atoms with Crippen LogP contribution in [0.2, 0.25) is 0 Å². The number of halogens is 3. The van der Waals surface area contributed by atoms with Crippen LogP contribution in [0.5, 0.6) is 0 Å². The van der Waals surface area contributed by atoms with Gasteiger partial charge in [-0.1, -0.05) is 30.3 Å². The van der Waals surface area contributed by atoms with E-state index >= 15 is 0 Å². The van der Waals surface area contributed by atoms with Crippen molar-refractivity contribution < 1.29 is 23.1 Å². The van der Waals surface area contributed by atoms with Gasteiger partial charge < -0.3 is 5.11 Å². The van der Waals surface area contributed by atoms with E-state index in [4.69, 9.17) is 0 Å². The average molecular weight is 311 g/mol. The molecule has 0 radical (unpaired) electrons. The van der Waals surface area contributed by atoms with Crippen LogP contribution in [0.15, 0.2) is 48.7 Å². The molecule has 1 N–H and O–H groups in total. The highest BCUT2D eigenvalue weighted by atomic mass is 19.4. The molecule has 1 heterocycles. The van der Waals surface area contributed by atoms with Gasteiger partial charge in [-0.15, -0.1) is 18.3 Å². The molecule has 0 unspecified atom stereocenters. The maximum atomic E-state index is 13.3. The third-order valence-electron chi connectivity index (χ3n) is 2.95. The van der Waals surface area contributed by atoms with E-state index in [1.54, 1.807) is 30.3 Å². The Morgan fingerprint density at radius 1 is 1.18 bits per heavy atom. The van der Waals surface area contributed by atoms with Crippen LogP contribution in [0.25, 0.3) is 0 Å². The van der Waals surface area contributed by atoms with Gasteiger partial charge in [0.1, 0.15) is 6.04 Å². The normalized spacial score (nSPS) is 12.7. The molecule has 1 atom stereocenters. The molecular weight excluding hydrogens is 299 g/mol. The lowest BCUT2D eigenvalue weighted by Gasteiger charge is -2.31. The fourth-order valence-electron chi connectivity index (χ4n) is 2.01. The second-order valence-corrected chi connectivity index (χ2v) is 4.46.